The standard InChI is InChI=1S/C16H22Cl2N2/c17-14-10-15(18)19-11-13(14)12-20-8-6-16(7-9-20)4-2-1-3-5-16/h10-11H,1-9,12H2. The zero-order valence-corrected chi connectivity index (χ0v) is 13.4. The summed E-state index contributed by atoms with van der Waals surface area (Å²) in [4.78, 5) is 6.65. The van der Waals surface area contributed by atoms with Crippen LogP contribution in [0.5, 0.6) is 0 Å². The molecule has 2 nitrogen and oxygen atoms in total. The summed E-state index contributed by atoms with van der Waals surface area (Å²) < 4.78 is 0. The van der Waals surface area contributed by atoms with Crippen LogP contribution in [0, 0.1) is 5.41 Å². The van der Waals surface area contributed by atoms with Crippen LogP contribution in [0.2, 0.25) is 10.2 Å². The average Bonchev–Trinajstić information content (AvgIpc) is 2.45. The van der Waals surface area contributed by atoms with Gasteiger partial charge in [-0.3, -0.25) is 4.90 Å². The zero-order chi connectivity index (χ0) is 14.0. The lowest BCUT2D eigenvalue weighted by atomic mass is 9.68. The molecule has 0 unspecified atom stereocenters. The topological polar surface area (TPSA) is 16.1 Å². The highest BCUT2D eigenvalue weighted by molar-refractivity contribution is 6.34. The molecular formula is C16H22Cl2N2. The van der Waals surface area contributed by atoms with Gasteiger partial charge in [0.05, 0.1) is 0 Å². The quantitative estimate of drug-likeness (QED) is 0.719. The number of hydrogen-bond donors (Lipinski definition) is 0. The number of halogens is 2. The van der Waals surface area contributed by atoms with Crippen LogP contribution in [0.15, 0.2) is 12.3 Å². The maximum atomic E-state index is 6.24. The number of piperidine rings is 1. The third kappa shape index (κ3) is 3.29. The van der Waals surface area contributed by atoms with E-state index in [9.17, 15) is 0 Å². The molecule has 2 aliphatic rings. The highest BCUT2D eigenvalue weighted by Crippen LogP contribution is 2.44. The van der Waals surface area contributed by atoms with E-state index in [0.717, 1.165) is 17.1 Å². The van der Waals surface area contributed by atoms with Crippen molar-refractivity contribution in [2.45, 2.75) is 51.5 Å². The van der Waals surface area contributed by atoms with Gasteiger partial charge in [0.1, 0.15) is 5.15 Å². The van der Waals surface area contributed by atoms with Crippen LogP contribution < -0.4 is 0 Å². The van der Waals surface area contributed by atoms with E-state index in [-0.39, 0.29) is 0 Å². The Balaban J connectivity index is 1.58. The van der Waals surface area contributed by atoms with E-state index in [2.05, 4.69) is 9.88 Å². The van der Waals surface area contributed by atoms with Gasteiger partial charge in [-0.15, -0.1) is 0 Å². The molecule has 20 heavy (non-hydrogen) atoms. The number of rotatable bonds is 2. The molecule has 0 amide bonds. The van der Waals surface area contributed by atoms with Gasteiger partial charge in [0, 0.05) is 23.3 Å². The third-order valence-corrected chi connectivity index (χ3v) is 5.68. The van der Waals surface area contributed by atoms with Gasteiger partial charge in [-0.2, -0.15) is 0 Å². The smallest absolute Gasteiger partial charge is 0.130 e. The molecule has 2 heterocycles. The molecule has 0 atom stereocenters. The second kappa shape index (κ2) is 6.21. The normalized spacial score (nSPS) is 23.1. The van der Waals surface area contributed by atoms with E-state index in [1.165, 1.54) is 58.0 Å². The Morgan fingerprint density at radius 2 is 1.75 bits per heavy atom. The first-order valence-electron chi connectivity index (χ1n) is 7.69. The summed E-state index contributed by atoms with van der Waals surface area (Å²) in [6, 6.07) is 1.74. The van der Waals surface area contributed by atoms with Crippen molar-refractivity contribution in [1.82, 2.24) is 9.88 Å². The van der Waals surface area contributed by atoms with E-state index in [0.29, 0.717) is 10.6 Å². The highest BCUT2D eigenvalue weighted by atomic mass is 35.5. The van der Waals surface area contributed by atoms with Crippen LogP contribution in [-0.4, -0.2) is 23.0 Å². The van der Waals surface area contributed by atoms with Crippen LogP contribution >= 0.6 is 23.2 Å². The van der Waals surface area contributed by atoms with Crippen LogP contribution in [-0.2, 0) is 6.54 Å². The first-order valence-corrected chi connectivity index (χ1v) is 8.45. The third-order valence-electron chi connectivity index (χ3n) is 5.12. The minimum Gasteiger partial charge on any atom is -0.299 e. The van der Waals surface area contributed by atoms with Gasteiger partial charge in [-0.1, -0.05) is 42.5 Å². The van der Waals surface area contributed by atoms with Crippen molar-refractivity contribution in [3.05, 3.63) is 28.0 Å². The van der Waals surface area contributed by atoms with Crippen LogP contribution in [0.3, 0.4) is 0 Å². The lowest BCUT2D eigenvalue weighted by molar-refractivity contribution is 0.0641. The lowest BCUT2D eigenvalue weighted by Gasteiger charge is -2.44. The monoisotopic (exact) mass is 312 g/mol. The largest absolute Gasteiger partial charge is 0.299 e. The fourth-order valence-corrected chi connectivity index (χ4v) is 4.21. The second-order valence-electron chi connectivity index (χ2n) is 6.44. The number of likely N-dealkylation sites (tertiary alicyclic amines) is 1. The van der Waals surface area contributed by atoms with Crippen molar-refractivity contribution in [2.75, 3.05) is 13.1 Å². The number of nitrogens with zero attached hydrogens (tertiary/aromatic N) is 2. The molecule has 0 bridgehead atoms. The van der Waals surface area contributed by atoms with E-state index < -0.39 is 0 Å². The molecule has 3 rings (SSSR count). The summed E-state index contributed by atoms with van der Waals surface area (Å²) in [6.45, 7) is 3.29. The summed E-state index contributed by atoms with van der Waals surface area (Å²) >= 11 is 12.1. The maximum absolute atomic E-state index is 6.24. The molecule has 1 saturated heterocycles. The first kappa shape index (κ1) is 14.6. The Labute approximate surface area is 131 Å². The summed E-state index contributed by atoms with van der Waals surface area (Å²) in [5, 5.41) is 1.21. The van der Waals surface area contributed by atoms with E-state index in [1.54, 1.807) is 6.07 Å². The van der Waals surface area contributed by atoms with Gasteiger partial charge in [0.2, 0.25) is 0 Å². The van der Waals surface area contributed by atoms with Gasteiger partial charge in [0.25, 0.3) is 0 Å². The van der Waals surface area contributed by atoms with Gasteiger partial charge in [-0.25, -0.2) is 4.98 Å². The minimum atomic E-state index is 0.471. The van der Waals surface area contributed by atoms with Crippen molar-refractivity contribution >= 4 is 23.2 Å². The zero-order valence-electron chi connectivity index (χ0n) is 11.9. The molecular weight excluding hydrogens is 291 g/mol. The molecule has 1 aromatic heterocycles. The summed E-state index contributed by atoms with van der Waals surface area (Å²) in [6.07, 6.45) is 11.7. The molecule has 110 valence electrons. The Hall–Kier alpha value is -0.310. The molecule has 0 aromatic carbocycles. The highest BCUT2D eigenvalue weighted by Gasteiger charge is 2.35. The molecule has 0 N–H and O–H groups in total. The minimum absolute atomic E-state index is 0.471. The van der Waals surface area contributed by atoms with Gasteiger partial charge < -0.3 is 0 Å². The molecule has 2 fully saturated rings. The van der Waals surface area contributed by atoms with Gasteiger partial charge in [0.15, 0.2) is 0 Å². The Bertz CT molecular complexity index is 460. The lowest BCUT2D eigenvalue weighted by Crippen LogP contribution is -2.40. The molecule has 1 spiro atoms. The van der Waals surface area contributed by atoms with Crippen molar-refractivity contribution in [1.29, 1.82) is 0 Å². The van der Waals surface area contributed by atoms with Crippen LogP contribution in [0.1, 0.15) is 50.5 Å². The summed E-state index contributed by atoms with van der Waals surface area (Å²) in [5.74, 6) is 0. The fourth-order valence-electron chi connectivity index (χ4n) is 3.78. The second-order valence-corrected chi connectivity index (χ2v) is 7.23. The van der Waals surface area contributed by atoms with Crippen molar-refractivity contribution in [3.63, 3.8) is 0 Å². The molecule has 1 saturated carbocycles. The number of pyridine rings is 1. The fraction of sp³-hybridized carbons (Fsp3) is 0.688. The Kier molecular flexibility index (Phi) is 4.54. The maximum Gasteiger partial charge on any atom is 0.130 e. The van der Waals surface area contributed by atoms with Gasteiger partial charge in [-0.05, 0) is 50.3 Å². The number of aromatic nitrogens is 1. The molecule has 0 radical (unpaired) electrons. The summed E-state index contributed by atoms with van der Waals surface area (Å²) in [7, 11) is 0. The van der Waals surface area contributed by atoms with E-state index >= 15 is 0 Å². The number of hydrogen-bond acceptors (Lipinski definition) is 2. The molecule has 1 aliphatic heterocycles. The Morgan fingerprint density at radius 3 is 2.40 bits per heavy atom. The predicted molar refractivity (Wildman–Crippen MR) is 84.3 cm³/mol. The first-order chi connectivity index (χ1) is 9.67. The van der Waals surface area contributed by atoms with Crippen LogP contribution in [0.25, 0.3) is 0 Å². The van der Waals surface area contributed by atoms with E-state index in [4.69, 9.17) is 23.2 Å². The molecule has 1 aromatic rings. The van der Waals surface area contributed by atoms with Crippen LogP contribution in [0.4, 0.5) is 0 Å². The molecule has 4 heteroatoms. The van der Waals surface area contributed by atoms with Crippen molar-refractivity contribution in [3.8, 4) is 0 Å². The SMILES string of the molecule is Clc1cc(Cl)c(CN2CCC3(CCCCC3)CC2)cn1. The van der Waals surface area contributed by atoms with Gasteiger partial charge >= 0.3 is 0 Å². The van der Waals surface area contributed by atoms with Crippen molar-refractivity contribution in [2.24, 2.45) is 5.41 Å². The summed E-state index contributed by atoms with van der Waals surface area (Å²) in [5.41, 5.74) is 1.76. The van der Waals surface area contributed by atoms with E-state index in [1.807, 2.05) is 6.20 Å². The predicted octanol–water partition coefficient (Wildman–Crippen LogP) is 4.93. The van der Waals surface area contributed by atoms with Crippen molar-refractivity contribution < 1.29 is 0 Å². The molecule has 1 aliphatic carbocycles. The Morgan fingerprint density at radius 1 is 1.05 bits per heavy atom. The average molecular weight is 313 g/mol.